The molecule has 8 heteroatoms. The first kappa shape index (κ1) is 21.0. The lowest BCUT2D eigenvalue weighted by Crippen LogP contribution is -2.28. The van der Waals surface area contributed by atoms with Gasteiger partial charge in [0.1, 0.15) is 0 Å². The highest BCUT2D eigenvalue weighted by Gasteiger charge is 2.36. The first-order chi connectivity index (χ1) is 14.3. The van der Waals surface area contributed by atoms with Gasteiger partial charge in [0.25, 0.3) is 5.91 Å². The highest BCUT2D eigenvalue weighted by Crippen LogP contribution is 2.26. The Kier molecular flexibility index (Phi) is 6.46. The highest BCUT2D eigenvalue weighted by atomic mass is 16.5. The average Bonchev–Trinajstić information content (AvgIpc) is 3.09. The van der Waals surface area contributed by atoms with Gasteiger partial charge < -0.3 is 20.3 Å². The number of carbonyl (C=O) groups is 4. The summed E-state index contributed by atoms with van der Waals surface area (Å²) in [5, 5.41) is 5.24. The normalized spacial score (nSPS) is 15.6. The van der Waals surface area contributed by atoms with Crippen LogP contribution in [0.5, 0.6) is 0 Å². The lowest BCUT2D eigenvalue weighted by molar-refractivity contribution is -0.151. The molecule has 3 rings (SSSR count). The van der Waals surface area contributed by atoms with Crippen LogP contribution in [-0.4, -0.2) is 36.8 Å². The molecule has 2 N–H and O–H groups in total. The minimum atomic E-state index is -0.609. The van der Waals surface area contributed by atoms with Gasteiger partial charge in [0.2, 0.25) is 11.8 Å². The van der Waals surface area contributed by atoms with Gasteiger partial charge in [0.15, 0.2) is 6.61 Å². The summed E-state index contributed by atoms with van der Waals surface area (Å²) in [6.07, 6.45) is 0.0546. The van der Waals surface area contributed by atoms with E-state index in [4.69, 9.17) is 4.74 Å². The molecule has 0 bridgehead atoms. The first-order valence-corrected chi connectivity index (χ1v) is 9.53. The number of amides is 3. The average molecular weight is 409 g/mol. The van der Waals surface area contributed by atoms with E-state index in [1.54, 1.807) is 29.2 Å². The van der Waals surface area contributed by atoms with Gasteiger partial charge in [-0.05, 0) is 48.9 Å². The molecule has 0 radical (unpaired) electrons. The Labute approximate surface area is 174 Å². The summed E-state index contributed by atoms with van der Waals surface area (Å²) in [6, 6.07) is 14.0. The Bertz CT molecular complexity index is 971. The first-order valence-electron chi connectivity index (χ1n) is 9.53. The number of hydrogen-bond acceptors (Lipinski definition) is 5. The van der Waals surface area contributed by atoms with Crippen molar-refractivity contribution in [3.63, 3.8) is 0 Å². The molecule has 0 aromatic heterocycles. The lowest BCUT2D eigenvalue weighted by atomic mass is 10.1. The molecule has 2 aromatic rings. The van der Waals surface area contributed by atoms with Crippen molar-refractivity contribution in [3.05, 3.63) is 54.1 Å². The number of aryl methyl sites for hydroxylation is 1. The van der Waals surface area contributed by atoms with Gasteiger partial charge in [0, 0.05) is 37.0 Å². The summed E-state index contributed by atoms with van der Waals surface area (Å²) >= 11 is 0. The molecule has 8 nitrogen and oxygen atoms in total. The smallest absolute Gasteiger partial charge is 0.311 e. The SMILES string of the molecule is CC(=O)Nc1ccc(NC(=O)COC(=O)[C@@H]2CC(=O)N(c3cccc(C)c3)C2)cc1. The summed E-state index contributed by atoms with van der Waals surface area (Å²) in [5.41, 5.74) is 2.88. The van der Waals surface area contributed by atoms with Crippen molar-refractivity contribution in [1.82, 2.24) is 0 Å². The number of hydrogen-bond donors (Lipinski definition) is 2. The Morgan fingerprint density at radius 3 is 2.37 bits per heavy atom. The topological polar surface area (TPSA) is 105 Å². The minimum Gasteiger partial charge on any atom is -0.455 e. The molecular formula is C22H23N3O5. The number of nitrogens with zero attached hydrogens (tertiary/aromatic N) is 1. The van der Waals surface area contributed by atoms with E-state index >= 15 is 0 Å². The predicted octanol–water partition coefficient (Wildman–Crippen LogP) is 2.49. The maximum absolute atomic E-state index is 12.3. The van der Waals surface area contributed by atoms with E-state index < -0.39 is 24.4 Å². The quantitative estimate of drug-likeness (QED) is 0.714. The van der Waals surface area contributed by atoms with E-state index in [9.17, 15) is 19.2 Å². The van der Waals surface area contributed by atoms with Crippen LogP contribution >= 0.6 is 0 Å². The minimum absolute atomic E-state index is 0.0546. The third-order valence-electron chi connectivity index (χ3n) is 4.61. The van der Waals surface area contributed by atoms with Crippen LogP contribution in [0.15, 0.2) is 48.5 Å². The van der Waals surface area contributed by atoms with Crippen LogP contribution in [0.2, 0.25) is 0 Å². The molecule has 0 unspecified atom stereocenters. The van der Waals surface area contributed by atoms with Crippen molar-refractivity contribution < 1.29 is 23.9 Å². The molecule has 1 atom stereocenters. The summed E-state index contributed by atoms with van der Waals surface area (Å²) in [6.45, 7) is 3.12. The van der Waals surface area contributed by atoms with Crippen molar-refractivity contribution in [2.75, 3.05) is 28.7 Å². The van der Waals surface area contributed by atoms with Crippen LogP contribution in [0.3, 0.4) is 0 Å². The summed E-state index contributed by atoms with van der Waals surface area (Å²) in [4.78, 5) is 49.2. The van der Waals surface area contributed by atoms with Gasteiger partial charge in [-0.25, -0.2) is 0 Å². The van der Waals surface area contributed by atoms with E-state index in [2.05, 4.69) is 10.6 Å². The monoisotopic (exact) mass is 409 g/mol. The van der Waals surface area contributed by atoms with E-state index in [-0.39, 0.29) is 24.8 Å². The summed E-state index contributed by atoms with van der Waals surface area (Å²) in [5.74, 6) is -2.01. The molecule has 1 heterocycles. The van der Waals surface area contributed by atoms with Gasteiger partial charge in [0.05, 0.1) is 5.92 Å². The Morgan fingerprint density at radius 2 is 1.73 bits per heavy atom. The predicted molar refractivity (Wildman–Crippen MR) is 112 cm³/mol. The van der Waals surface area contributed by atoms with Gasteiger partial charge in [-0.3, -0.25) is 19.2 Å². The van der Waals surface area contributed by atoms with Crippen LogP contribution < -0.4 is 15.5 Å². The van der Waals surface area contributed by atoms with Gasteiger partial charge in [-0.2, -0.15) is 0 Å². The van der Waals surface area contributed by atoms with E-state index in [1.165, 1.54) is 6.92 Å². The van der Waals surface area contributed by atoms with Gasteiger partial charge in [-0.15, -0.1) is 0 Å². The maximum atomic E-state index is 12.3. The van der Waals surface area contributed by atoms with Crippen LogP contribution in [0.4, 0.5) is 17.1 Å². The number of nitrogens with one attached hydrogen (secondary N) is 2. The molecule has 3 amide bonds. The molecule has 30 heavy (non-hydrogen) atoms. The number of esters is 1. The van der Waals surface area contributed by atoms with Crippen molar-refractivity contribution in [1.29, 1.82) is 0 Å². The van der Waals surface area contributed by atoms with Gasteiger partial charge >= 0.3 is 5.97 Å². The van der Waals surface area contributed by atoms with Crippen LogP contribution in [0.25, 0.3) is 0 Å². The number of carbonyl (C=O) groups excluding carboxylic acids is 4. The second-order valence-corrected chi connectivity index (χ2v) is 7.16. The number of anilines is 3. The zero-order valence-corrected chi connectivity index (χ0v) is 16.8. The lowest BCUT2D eigenvalue weighted by Gasteiger charge is -2.17. The second-order valence-electron chi connectivity index (χ2n) is 7.16. The van der Waals surface area contributed by atoms with E-state index in [0.29, 0.717) is 11.4 Å². The number of ether oxygens (including phenoxy) is 1. The molecule has 1 fully saturated rings. The molecule has 1 saturated heterocycles. The maximum Gasteiger partial charge on any atom is 0.311 e. The molecule has 0 spiro atoms. The molecular weight excluding hydrogens is 386 g/mol. The van der Waals surface area contributed by atoms with Crippen LogP contribution in [0.1, 0.15) is 18.9 Å². The molecule has 0 aliphatic carbocycles. The van der Waals surface area contributed by atoms with Crippen molar-refractivity contribution in [3.8, 4) is 0 Å². The standard InChI is InChI=1S/C22H23N3O5/c1-14-4-3-5-19(10-14)25-12-16(11-21(25)28)22(29)30-13-20(27)24-18-8-6-17(7-9-18)23-15(2)26/h3-10,16H,11-13H2,1-2H3,(H,23,26)(H,24,27)/t16-/m1/s1. The Hall–Kier alpha value is -3.68. The molecule has 0 saturated carbocycles. The number of rotatable bonds is 6. The van der Waals surface area contributed by atoms with Crippen LogP contribution in [0, 0.1) is 12.8 Å². The fourth-order valence-corrected chi connectivity index (χ4v) is 3.20. The van der Waals surface area contributed by atoms with Crippen molar-refractivity contribution in [2.24, 2.45) is 5.92 Å². The summed E-state index contributed by atoms with van der Waals surface area (Å²) in [7, 11) is 0. The van der Waals surface area contributed by atoms with Crippen molar-refractivity contribution in [2.45, 2.75) is 20.3 Å². The van der Waals surface area contributed by atoms with E-state index in [0.717, 1.165) is 11.3 Å². The number of benzene rings is 2. The fraction of sp³-hybridized carbons (Fsp3) is 0.273. The van der Waals surface area contributed by atoms with Crippen LogP contribution in [-0.2, 0) is 23.9 Å². The second kappa shape index (κ2) is 9.21. The molecule has 156 valence electrons. The molecule has 1 aliphatic heterocycles. The zero-order valence-electron chi connectivity index (χ0n) is 16.8. The Morgan fingerprint density at radius 1 is 1.07 bits per heavy atom. The van der Waals surface area contributed by atoms with E-state index in [1.807, 2.05) is 31.2 Å². The fourth-order valence-electron chi connectivity index (χ4n) is 3.20. The molecule has 1 aliphatic rings. The third kappa shape index (κ3) is 5.44. The highest BCUT2D eigenvalue weighted by molar-refractivity contribution is 6.00. The van der Waals surface area contributed by atoms with Crippen molar-refractivity contribution >= 4 is 40.8 Å². The Balaban J connectivity index is 1.49. The zero-order chi connectivity index (χ0) is 21.7. The molecule has 2 aromatic carbocycles. The largest absolute Gasteiger partial charge is 0.455 e. The third-order valence-corrected chi connectivity index (χ3v) is 4.61. The van der Waals surface area contributed by atoms with Gasteiger partial charge in [-0.1, -0.05) is 12.1 Å². The summed E-state index contributed by atoms with van der Waals surface area (Å²) < 4.78 is 5.11.